The Balaban J connectivity index is 2.47. The van der Waals surface area contributed by atoms with E-state index in [1.807, 2.05) is 4.72 Å². The highest BCUT2D eigenvalue weighted by molar-refractivity contribution is 7.92. The molecule has 4 nitrogen and oxygen atoms in total. The van der Waals surface area contributed by atoms with Crippen molar-refractivity contribution >= 4 is 21.4 Å². The minimum absolute atomic E-state index is 0.174. The van der Waals surface area contributed by atoms with E-state index in [-0.39, 0.29) is 16.6 Å². The van der Waals surface area contributed by atoms with Gasteiger partial charge < -0.3 is 5.73 Å². The SMILES string of the molecule is Cc1ccc(N)cc1S(=O)(=O)Nc1cc(F)c(F)cc1F. The van der Waals surface area contributed by atoms with Gasteiger partial charge in [-0.1, -0.05) is 6.07 Å². The number of hydrogen-bond donors (Lipinski definition) is 2. The Labute approximate surface area is 119 Å². The van der Waals surface area contributed by atoms with Crippen LogP contribution in [0.2, 0.25) is 0 Å². The number of nitrogens with one attached hydrogen (secondary N) is 1. The molecule has 2 aromatic rings. The zero-order valence-corrected chi connectivity index (χ0v) is 11.6. The molecule has 21 heavy (non-hydrogen) atoms. The molecule has 0 aliphatic heterocycles. The average Bonchev–Trinajstić information content (AvgIpc) is 2.38. The van der Waals surface area contributed by atoms with E-state index in [1.165, 1.54) is 25.1 Å². The summed E-state index contributed by atoms with van der Waals surface area (Å²) in [5, 5.41) is 0. The lowest BCUT2D eigenvalue weighted by Crippen LogP contribution is -2.16. The van der Waals surface area contributed by atoms with Crippen molar-refractivity contribution < 1.29 is 21.6 Å². The van der Waals surface area contributed by atoms with Gasteiger partial charge in [-0.15, -0.1) is 0 Å². The van der Waals surface area contributed by atoms with Gasteiger partial charge in [-0.25, -0.2) is 21.6 Å². The van der Waals surface area contributed by atoms with Gasteiger partial charge in [0.25, 0.3) is 10.0 Å². The molecule has 0 amide bonds. The van der Waals surface area contributed by atoms with E-state index in [0.29, 0.717) is 11.6 Å². The third kappa shape index (κ3) is 3.10. The Bertz CT molecular complexity index is 807. The molecular weight excluding hydrogens is 305 g/mol. The van der Waals surface area contributed by atoms with Gasteiger partial charge in [0.1, 0.15) is 5.82 Å². The van der Waals surface area contributed by atoms with Crippen molar-refractivity contribution in [1.82, 2.24) is 0 Å². The van der Waals surface area contributed by atoms with Crippen LogP contribution < -0.4 is 10.5 Å². The van der Waals surface area contributed by atoms with Crippen molar-refractivity contribution in [3.05, 3.63) is 53.3 Å². The first-order valence-corrected chi connectivity index (χ1v) is 7.22. The normalized spacial score (nSPS) is 11.4. The molecule has 2 rings (SSSR count). The lowest BCUT2D eigenvalue weighted by Gasteiger charge is -2.12. The Hall–Kier alpha value is -2.22. The van der Waals surface area contributed by atoms with Crippen LogP contribution in [-0.4, -0.2) is 8.42 Å². The first-order chi connectivity index (χ1) is 9.70. The summed E-state index contributed by atoms with van der Waals surface area (Å²) < 4.78 is 65.6. The van der Waals surface area contributed by atoms with Crippen LogP contribution >= 0.6 is 0 Å². The summed E-state index contributed by atoms with van der Waals surface area (Å²) in [6, 6.07) is 4.87. The average molecular weight is 316 g/mol. The topological polar surface area (TPSA) is 72.2 Å². The molecule has 112 valence electrons. The number of anilines is 2. The van der Waals surface area contributed by atoms with Crippen molar-refractivity contribution in [1.29, 1.82) is 0 Å². The van der Waals surface area contributed by atoms with Gasteiger partial charge in [0.05, 0.1) is 10.6 Å². The molecular formula is C13H11F3N2O2S. The molecule has 0 unspecified atom stereocenters. The van der Waals surface area contributed by atoms with Crippen LogP contribution in [0.4, 0.5) is 24.5 Å². The molecule has 0 heterocycles. The number of hydrogen-bond acceptors (Lipinski definition) is 3. The molecule has 3 N–H and O–H groups in total. The highest BCUT2D eigenvalue weighted by Gasteiger charge is 2.20. The van der Waals surface area contributed by atoms with Crippen LogP contribution in [0.1, 0.15) is 5.56 Å². The third-order valence-electron chi connectivity index (χ3n) is 2.76. The minimum atomic E-state index is -4.18. The summed E-state index contributed by atoms with van der Waals surface area (Å²) in [6.45, 7) is 1.52. The van der Waals surface area contributed by atoms with E-state index in [9.17, 15) is 21.6 Å². The van der Waals surface area contributed by atoms with Gasteiger partial charge in [0.15, 0.2) is 11.6 Å². The van der Waals surface area contributed by atoms with Crippen LogP contribution in [-0.2, 0) is 10.0 Å². The van der Waals surface area contributed by atoms with Gasteiger partial charge in [-0.05, 0) is 24.6 Å². The second-order valence-corrected chi connectivity index (χ2v) is 6.03. The standard InChI is InChI=1S/C13H11F3N2O2S/c1-7-2-3-8(17)4-13(7)21(19,20)18-12-6-10(15)9(14)5-11(12)16/h2-6,18H,17H2,1H3. The molecule has 0 atom stereocenters. The van der Waals surface area contributed by atoms with E-state index in [0.717, 1.165) is 0 Å². The molecule has 0 aliphatic carbocycles. The zero-order chi connectivity index (χ0) is 15.8. The number of nitrogen functional groups attached to an aromatic ring is 1. The first-order valence-electron chi connectivity index (χ1n) is 5.74. The van der Waals surface area contributed by atoms with Crippen molar-refractivity contribution in [2.24, 2.45) is 0 Å². The van der Waals surface area contributed by atoms with Gasteiger partial charge in [0, 0.05) is 17.8 Å². The van der Waals surface area contributed by atoms with Crippen LogP contribution in [0.15, 0.2) is 35.2 Å². The predicted octanol–water partition coefficient (Wildman–Crippen LogP) is 2.80. The van der Waals surface area contributed by atoms with E-state index in [4.69, 9.17) is 5.73 Å². The second-order valence-electron chi connectivity index (χ2n) is 4.38. The quantitative estimate of drug-likeness (QED) is 0.675. The largest absolute Gasteiger partial charge is 0.399 e. The molecule has 0 aromatic heterocycles. The van der Waals surface area contributed by atoms with Gasteiger partial charge >= 0.3 is 0 Å². The summed E-state index contributed by atoms with van der Waals surface area (Å²) in [7, 11) is -4.18. The predicted molar refractivity (Wildman–Crippen MR) is 72.7 cm³/mol. The number of benzene rings is 2. The first kappa shape index (κ1) is 15.2. The third-order valence-corrected chi connectivity index (χ3v) is 4.26. The maximum absolute atomic E-state index is 13.5. The second kappa shape index (κ2) is 5.28. The molecule has 2 aromatic carbocycles. The fraction of sp³-hybridized carbons (Fsp3) is 0.0769. The molecule has 0 fully saturated rings. The summed E-state index contributed by atoms with van der Waals surface area (Å²) in [4.78, 5) is -0.174. The minimum Gasteiger partial charge on any atom is -0.399 e. The van der Waals surface area contributed by atoms with E-state index < -0.39 is 33.2 Å². The van der Waals surface area contributed by atoms with E-state index >= 15 is 0 Å². The molecule has 0 spiro atoms. The summed E-state index contributed by atoms with van der Waals surface area (Å²) in [6.07, 6.45) is 0. The Morgan fingerprint density at radius 2 is 1.62 bits per heavy atom. The van der Waals surface area contributed by atoms with Crippen LogP contribution in [0.3, 0.4) is 0 Å². The molecule has 8 heteroatoms. The highest BCUT2D eigenvalue weighted by atomic mass is 32.2. The lowest BCUT2D eigenvalue weighted by molar-refractivity contribution is 0.496. The van der Waals surface area contributed by atoms with Crippen LogP contribution in [0.25, 0.3) is 0 Å². The highest BCUT2D eigenvalue weighted by Crippen LogP contribution is 2.24. The summed E-state index contributed by atoms with van der Waals surface area (Å²) in [5.74, 6) is -3.99. The van der Waals surface area contributed by atoms with Crippen molar-refractivity contribution in [3.8, 4) is 0 Å². The fourth-order valence-electron chi connectivity index (χ4n) is 1.71. The zero-order valence-electron chi connectivity index (χ0n) is 10.8. The summed E-state index contributed by atoms with van der Waals surface area (Å²) in [5.41, 5.74) is 5.41. The van der Waals surface area contributed by atoms with E-state index in [1.54, 1.807) is 0 Å². The van der Waals surface area contributed by atoms with Crippen LogP contribution in [0.5, 0.6) is 0 Å². The Morgan fingerprint density at radius 1 is 1.00 bits per heavy atom. The van der Waals surface area contributed by atoms with Gasteiger partial charge in [0.2, 0.25) is 0 Å². The van der Waals surface area contributed by atoms with Gasteiger partial charge in [-0.3, -0.25) is 4.72 Å². The van der Waals surface area contributed by atoms with Crippen LogP contribution in [0, 0.1) is 24.4 Å². The molecule has 0 aliphatic rings. The lowest BCUT2D eigenvalue weighted by atomic mass is 10.2. The van der Waals surface area contributed by atoms with Crippen molar-refractivity contribution in [2.45, 2.75) is 11.8 Å². The number of halogens is 3. The van der Waals surface area contributed by atoms with E-state index in [2.05, 4.69) is 0 Å². The molecule has 0 bridgehead atoms. The molecule has 0 saturated heterocycles. The molecule has 0 saturated carbocycles. The Morgan fingerprint density at radius 3 is 2.29 bits per heavy atom. The number of nitrogens with two attached hydrogens (primary N) is 1. The van der Waals surface area contributed by atoms with Crippen molar-refractivity contribution in [2.75, 3.05) is 10.5 Å². The monoisotopic (exact) mass is 316 g/mol. The number of rotatable bonds is 3. The van der Waals surface area contributed by atoms with Gasteiger partial charge in [-0.2, -0.15) is 0 Å². The number of sulfonamides is 1. The van der Waals surface area contributed by atoms with Crippen molar-refractivity contribution in [3.63, 3.8) is 0 Å². The number of aryl methyl sites for hydroxylation is 1. The Kier molecular flexibility index (Phi) is 3.82. The maximum atomic E-state index is 13.5. The smallest absolute Gasteiger partial charge is 0.262 e. The molecule has 0 radical (unpaired) electrons. The fourth-order valence-corrected chi connectivity index (χ4v) is 3.05. The maximum Gasteiger partial charge on any atom is 0.262 e. The summed E-state index contributed by atoms with van der Waals surface area (Å²) >= 11 is 0.